The van der Waals surface area contributed by atoms with E-state index < -0.39 is 12.0 Å². The first-order valence-electron chi connectivity index (χ1n) is 6.29. The van der Waals surface area contributed by atoms with Gasteiger partial charge in [-0.05, 0) is 18.8 Å². The number of nitrogens with zero attached hydrogens (tertiary/aromatic N) is 1. The number of hydrogen-bond donors (Lipinski definition) is 2. The lowest BCUT2D eigenvalue weighted by atomic mass is 9.94. The average molecular weight is 252 g/mol. The van der Waals surface area contributed by atoms with E-state index in [1.165, 1.54) is 0 Å². The lowest BCUT2D eigenvalue weighted by Crippen LogP contribution is -2.38. The van der Waals surface area contributed by atoms with Crippen LogP contribution in [0.2, 0.25) is 0 Å². The first-order chi connectivity index (χ1) is 8.38. The second kappa shape index (κ2) is 4.72. The van der Waals surface area contributed by atoms with Gasteiger partial charge in [0, 0.05) is 5.41 Å². The number of hydrogen-bond acceptors (Lipinski definition) is 4. The first-order valence-corrected chi connectivity index (χ1v) is 6.29. The molecule has 0 radical (unpaired) electrons. The minimum Gasteiger partial charge on any atom is -0.480 e. The number of oxazole rings is 1. The number of nitrogens with one attached hydrogen (secondary N) is 1. The van der Waals surface area contributed by atoms with Crippen LogP contribution in [0.25, 0.3) is 0 Å². The fraction of sp³-hybridized carbons (Fsp3) is 0.692. The van der Waals surface area contributed by atoms with Gasteiger partial charge in [0.1, 0.15) is 11.8 Å². The fourth-order valence-electron chi connectivity index (χ4n) is 1.82. The van der Waals surface area contributed by atoms with Crippen LogP contribution in [0.3, 0.4) is 0 Å². The summed E-state index contributed by atoms with van der Waals surface area (Å²) in [6.07, 6.45) is 3.69. The summed E-state index contributed by atoms with van der Waals surface area (Å²) in [6.45, 7) is 6.52. The number of rotatable bonds is 5. The van der Waals surface area contributed by atoms with Crippen molar-refractivity contribution in [3.8, 4) is 0 Å². The summed E-state index contributed by atoms with van der Waals surface area (Å²) in [4.78, 5) is 15.2. The summed E-state index contributed by atoms with van der Waals surface area (Å²) in [5.41, 5.74) is -0.0755. The van der Waals surface area contributed by atoms with Crippen LogP contribution < -0.4 is 5.32 Å². The van der Waals surface area contributed by atoms with E-state index in [9.17, 15) is 4.79 Å². The van der Waals surface area contributed by atoms with Gasteiger partial charge in [0.05, 0.1) is 12.7 Å². The van der Waals surface area contributed by atoms with Crippen molar-refractivity contribution in [2.75, 3.05) is 0 Å². The number of aliphatic carboxylic acids is 1. The van der Waals surface area contributed by atoms with E-state index in [-0.39, 0.29) is 11.3 Å². The van der Waals surface area contributed by atoms with Crippen LogP contribution >= 0.6 is 0 Å². The smallest absolute Gasteiger partial charge is 0.320 e. The van der Waals surface area contributed by atoms with Gasteiger partial charge in [-0.2, -0.15) is 0 Å². The molecule has 100 valence electrons. The monoisotopic (exact) mass is 252 g/mol. The van der Waals surface area contributed by atoms with Gasteiger partial charge in [-0.1, -0.05) is 20.8 Å². The molecule has 2 N–H and O–H groups in total. The van der Waals surface area contributed by atoms with Crippen molar-refractivity contribution in [3.05, 3.63) is 17.8 Å². The van der Waals surface area contributed by atoms with Gasteiger partial charge < -0.3 is 9.52 Å². The zero-order valence-electron chi connectivity index (χ0n) is 11.1. The van der Waals surface area contributed by atoms with Crippen molar-refractivity contribution in [1.29, 1.82) is 0 Å². The van der Waals surface area contributed by atoms with E-state index in [1.54, 1.807) is 6.20 Å². The average Bonchev–Trinajstić information content (AvgIpc) is 2.94. The fourth-order valence-corrected chi connectivity index (χ4v) is 1.82. The third kappa shape index (κ3) is 3.10. The van der Waals surface area contributed by atoms with Crippen LogP contribution in [0.15, 0.2) is 10.6 Å². The molecule has 18 heavy (non-hydrogen) atoms. The molecule has 1 fully saturated rings. The molecule has 0 saturated heterocycles. The van der Waals surface area contributed by atoms with Gasteiger partial charge in [0.15, 0.2) is 0 Å². The van der Waals surface area contributed by atoms with E-state index in [0.717, 1.165) is 18.6 Å². The molecule has 1 unspecified atom stereocenters. The molecule has 5 nitrogen and oxygen atoms in total. The summed E-state index contributed by atoms with van der Waals surface area (Å²) in [6, 6.07) is -0.477. The van der Waals surface area contributed by atoms with Crippen LogP contribution in [-0.4, -0.2) is 22.1 Å². The third-order valence-electron chi connectivity index (χ3n) is 3.13. The van der Waals surface area contributed by atoms with Crippen LogP contribution in [0.1, 0.15) is 45.3 Å². The predicted octanol–water partition coefficient (Wildman–Crippen LogP) is 1.92. The highest BCUT2D eigenvalue weighted by Gasteiger charge is 2.36. The Morgan fingerprint density at radius 2 is 2.28 bits per heavy atom. The molecule has 0 spiro atoms. The Morgan fingerprint density at radius 3 is 2.72 bits per heavy atom. The maximum absolute atomic E-state index is 11.1. The largest absolute Gasteiger partial charge is 0.480 e. The lowest BCUT2D eigenvalue weighted by Gasteiger charge is -2.14. The topological polar surface area (TPSA) is 75.4 Å². The molecule has 2 rings (SSSR count). The van der Waals surface area contributed by atoms with E-state index in [4.69, 9.17) is 9.52 Å². The molecule has 1 heterocycles. The molecule has 0 aromatic carbocycles. The van der Waals surface area contributed by atoms with Crippen LogP contribution in [0.4, 0.5) is 0 Å². The first kappa shape index (κ1) is 13.1. The Bertz CT molecular complexity index is 430. The zero-order chi connectivity index (χ0) is 13.3. The molecule has 1 atom stereocenters. The Hall–Kier alpha value is -1.36. The van der Waals surface area contributed by atoms with Crippen molar-refractivity contribution in [1.82, 2.24) is 10.3 Å². The van der Waals surface area contributed by atoms with Crippen molar-refractivity contribution in [2.45, 2.75) is 51.6 Å². The van der Waals surface area contributed by atoms with Crippen molar-refractivity contribution < 1.29 is 14.3 Å². The molecule has 0 aliphatic heterocycles. The van der Waals surface area contributed by atoms with Crippen LogP contribution in [0.5, 0.6) is 0 Å². The minimum absolute atomic E-state index is 0.0755. The Labute approximate surface area is 107 Å². The van der Waals surface area contributed by atoms with Gasteiger partial charge in [0.2, 0.25) is 5.89 Å². The number of carboxylic acid groups (broad SMARTS) is 1. The summed E-state index contributed by atoms with van der Waals surface area (Å²) in [5.74, 6) is 0.837. The molecule has 1 aromatic rings. The quantitative estimate of drug-likeness (QED) is 0.837. The van der Waals surface area contributed by atoms with E-state index in [2.05, 4.69) is 31.1 Å². The van der Waals surface area contributed by atoms with Crippen molar-refractivity contribution in [3.63, 3.8) is 0 Å². The van der Waals surface area contributed by atoms with Gasteiger partial charge in [-0.3, -0.25) is 10.1 Å². The Balaban J connectivity index is 1.93. The predicted molar refractivity (Wildman–Crippen MR) is 66.2 cm³/mol. The highest BCUT2D eigenvalue weighted by Crippen LogP contribution is 2.33. The third-order valence-corrected chi connectivity index (χ3v) is 3.13. The molecule has 1 aromatic heterocycles. The standard InChI is InChI=1S/C13H20N2O3/c1-13(2,3)9-6-14-10(18-9)7-15-11(12(16)17)8-4-5-8/h6,8,11,15H,4-5,7H2,1-3H3,(H,16,17). The zero-order valence-corrected chi connectivity index (χ0v) is 11.1. The molecular formula is C13H20N2O3. The maximum atomic E-state index is 11.1. The Morgan fingerprint density at radius 1 is 1.61 bits per heavy atom. The number of carboxylic acids is 1. The molecule has 1 aliphatic carbocycles. The highest BCUT2D eigenvalue weighted by molar-refractivity contribution is 5.74. The second-order valence-electron chi connectivity index (χ2n) is 5.90. The van der Waals surface area contributed by atoms with Gasteiger partial charge in [-0.15, -0.1) is 0 Å². The summed E-state index contributed by atoms with van der Waals surface area (Å²) < 4.78 is 5.61. The number of aromatic nitrogens is 1. The van der Waals surface area contributed by atoms with Gasteiger partial charge in [-0.25, -0.2) is 4.98 Å². The summed E-state index contributed by atoms with van der Waals surface area (Å²) >= 11 is 0. The van der Waals surface area contributed by atoms with E-state index >= 15 is 0 Å². The van der Waals surface area contributed by atoms with Crippen LogP contribution in [-0.2, 0) is 16.8 Å². The highest BCUT2D eigenvalue weighted by atomic mass is 16.4. The molecule has 0 bridgehead atoms. The minimum atomic E-state index is -0.792. The van der Waals surface area contributed by atoms with Crippen molar-refractivity contribution in [2.24, 2.45) is 5.92 Å². The van der Waals surface area contributed by atoms with Crippen molar-refractivity contribution >= 4 is 5.97 Å². The summed E-state index contributed by atoms with van der Waals surface area (Å²) in [7, 11) is 0. The van der Waals surface area contributed by atoms with E-state index in [1.807, 2.05) is 0 Å². The van der Waals surface area contributed by atoms with Crippen LogP contribution in [0, 0.1) is 5.92 Å². The Kier molecular flexibility index (Phi) is 3.43. The second-order valence-corrected chi connectivity index (χ2v) is 5.90. The normalized spacial score (nSPS) is 17.7. The molecule has 1 aliphatic rings. The molecule has 1 saturated carbocycles. The molecular weight excluding hydrogens is 232 g/mol. The lowest BCUT2D eigenvalue weighted by molar-refractivity contribution is -0.140. The maximum Gasteiger partial charge on any atom is 0.320 e. The molecule has 0 amide bonds. The molecule has 5 heteroatoms. The van der Waals surface area contributed by atoms with E-state index in [0.29, 0.717) is 12.4 Å². The van der Waals surface area contributed by atoms with Gasteiger partial charge in [0.25, 0.3) is 0 Å². The number of carbonyl (C=O) groups is 1. The summed E-state index contributed by atoms with van der Waals surface area (Å²) in [5, 5.41) is 12.1. The SMILES string of the molecule is CC(C)(C)c1cnc(CNC(C(=O)O)C2CC2)o1. The van der Waals surface area contributed by atoms with Gasteiger partial charge >= 0.3 is 5.97 Å².